The largest absolute Gasteiger partial charge is 0.492 e. The van der Waals surface area contributed by atoms with Gasteiger partial charge in [-0.05, 0) is 35.2 Å². The highest BCUT2D eigenvalue weighted by Crippen LogP contribution is 2.24. The number of hydrogen-bond donors (Lipinski definition) is 2. The molecule has 2 aromatic rings. The quantitative estimate of drug-likeness (QED) is 0.719. The number of carbonyl (C=O) groups excluding carboxylic acids is 2. The van der Waals surface area contributed by atoms with Gasteiger partial charge >= 0.3 is 0 Å². The minimum absolute atomic E-state index is 0.0859. The molecule has 28 heavy (non-hydrogen) atoms. The molecule has 0 aliphatic heterocycles. The average Bonchev–Trinajstić information content (AvgIpc) is 2.65. The highest BCUT2D eigenvalue weighted by Gasteiger charge is 2.14. The van der Waals surface area contributed by atoms with Crippen LogP contribution in [0.15, 0.2) is 48.5 Å². The van der Waals surface area contributed by atoms with Crippen molar-refractivity contribution in [3.8, 4) is 11.8 Å². The zero-order valence-corrected chi connectivity index (χ0v) is 16.4. The molecule has 6 nitrogen and oxygen atoms in total. The second-order valence-corrected chi connectivity index (χ2v) is 7.31. The van der Waals surface area contributed by atoms with Gasteiger partial charge in [0.05, 0.1) is 23.9 Å². The van der Waals surface area contributed by atoms with Gasteiger partial charge in [0.2, 0.25) is 5.91 Å². The molecule has 6 heteroatoms. The monoisotopic (exact) mass is 379 g/mol. The summed E-state index contributed by atoms with van der Waals surface area (Å²) in [6.07, 6.45) is -0.266. The van der Waals surface area contributed by atoms with E-state index in [1.54, 1.807) is 30.3 Å². The van der Waals surface area contributed by atoms with E-state index in [1.165, 1.54) is 5.56 Å². The molecule has 2 amide bonds. The van der Waals surface area contributed by atoms with Gasteiger partial charge in [0, 0.05) is 0 Å². The fourth-order valence-electron chi connectivity index (χ4n) is 2.54. The lowest BCUT2D eigenvalue weighted by molar-refractivity contribution is -0.115. The Hall–Kier alpha value is -3.33. The first-order valence-corrected chi connectivity index (χ1v) is 9.08. The lowest BCUT2D eigenvalue weighted by atomic mass is 9.87. The van der Waals surface area contributed by atoms with Crippen molar-refractivity contribution in [3.05, 3.63) is 59.7 Å². The average molecular weight is 379 g/mol. The zero-order valence-electron chi connectivity index (χ0n) is 16.4. The maximum Gasteiger partial charge on any atom is 0.253 e. The number of rotatable bonds is 7. The van der Waals surface area contributed by atoms with Crippen LogP contribution in [0.5, 0.6) is 5.75 Å². The SMILES string of the molecule is CC(C)(C)c1ccc(OCCNC(=O)c2ccccc2NC(=O)CC#N)cc1. The summed E-state index contributed by atoms with van der Waals surface area (Å²) >= 11 is 0. The second kappa shape index (κ2) is 9.56. The van der Waals surface area contributed by atoms with Crippen LogP contribution in [-0.2, 0) is 10.2 Å². The predicted octanol–water partition coefficient (Wildman–Crippen LogP) is 3.65. The van der Waals surface area contributed by atoms with E-state index in [1.807, 2.05) is 24.3 Å². The van der Waals surface area contributed by atoms with E-state index in [9.17, 15) is 9.59 Å². The van der Waals surface area contributed by atoms with Gasteiger partial charge in [0.1, 0.15) is 18.8 Å². The number of anilines is 1. The Labute approximate surface area is 165 Å². The van der Waals surface area contributed by atoms with Crippen LogP contribution in [0.3, 0.4) is 0 Å². The van der Waals surface area contributed by atoms with Crippen LogP contribution in [0, 0.1) is 11.3 Å². The van der Waals surface area contributed by atoms with Gasteiger partial charge in [0.25, 0.3) is 5.91 Å². The van der Waals surface area contributed by atoms with E-state index < -0.39 is 5.91 Å². The molecule has 2 N–H and O–H groups in total. The third-order valence-corrected chi connectivity index (χ3v) is 4.06. The van der Waals surface area contributed by atoms with Crippen molar-refractivity contribution in [1.82, 2.24) is 5.32 Å². The highest BCUT2D eigenvalue weighted by molar-refractivity contribution is 6.04. The second-order valence-electron chi connectivity index (χ2n) is 7.31. The molecular formula is C22H25N3O3. The van der Waals surface area contributed by atoms with E-state index in [-0.39, 0.29) is 17.7 Å². The minimum Gasteiger partial charge on any atom is -0.492 e. The van der Waals surface area contributed by atoms with Gasteiger partial charge in [-0.15, -0.1) is 0 Å². The molecular weight excluding hydrogens is 354 g/mol. The number of nitriles is 1. The molecule has 0 heterocycles. The molecule has 0 radical (unpaired) electrons. The topological polar surface area (TPSA) is 91.2 Å². The van der Waals surface area contributed by atoms with E-state index in [2.05, 4.69) is 31.4 Å². The Kier molecular flexibility index (Phi) is 7.16. The van der Waals surface area contributed by atoms with Crippen molar-refractivity contribution in [1.29, 1.82) is 5.26 Å². The first kappa shape index (κ1) is 21.0. The normalized spacial score (nSPS) is 10.6. The molecule has 146 valence electrons. The van der Waals surface area contributed by atoms with Crippen LogP contribution in [0.4, 0.5) is 5.69 Å². The van der Waals surface area contributed by atoms with Crippen molar-refractivity contribution >= 4 is 17.5 Å². The third kappa shape index (κ3) is 6.13. The van der Waals surface area contributed by atoms with Crippen molar-refractivity contribution in [2.75, 3.05) is 18.5 Å². The molecule has 0 aliphatic rings. The van der Waals surface area contributed by atoms with Crippen LogP contribution in [0.25, 0.3) is 0 Å². The van der Waals surface area contributed by atoms with Crippen molar-refractivity contribution in [2.24, 2.45) is 0 Å². The Morgan fingerprint density at radius 2 is 1.75 bits per heavy atom. The molecule has 0 aromatic heterocycles. The zero-order chi connectivity index (χ0) is 20.6. The first-order valence-electron chi connectivity index (χ1n) is 9.08. The maximum atomic E-state index is 12.4. The van der Waals surface area contributed by atoms with Crippen LogP contribution >= 0.6 is 0 Å². The summed E-state index contributed by atoms with van der Waals surface area (Å²) < 4.78 is 5.67. The lowest BCUT2D eigenvalue weighted by Gasteiger charge is -2.19. The number of carbonyl (C=O) groups is 2. The molecule has 0 saturated heterocycles. The lowest BCUT2D eigenvalue weighted by Crippen LogP contribution is -2.29. The van der Waals surface area contributed by atoms with Gasteiger partial charge in [-0.25, -0.2) is 0 Å². The summed E-state index contributed by atoms with van der Waals surface area (Å²) in [5, 5.41) is 13.9. The molecule has 0 unspecified atom stereocenters. The maximum absolute atomic E-state index is 12.4. The smallest absolute Gasteiger partial charge is 0.253 e. The van der Waals surface area contributed by atoms with Crippen LogP contribution < -0.4 is 15.4 Å². The van der Waals surface area contributed by atoms with E-state index >= 15 is 0 Å². The van der Waals surface area contributed by atoms with Gasteiger partial charge in [-0.3, -0.25) is 9.59 Å². The highest BCUT2D eigenvalue weighted by atomic mass is 16.5. The van der Waals surface area contributed by atoms with Crippen molar-refractivity contribution in [2.45, 2.75) is 32.6 Å². The molecule has 0 aliphatic carbocycles. The number of nitrogens with one attached hydrogen (secondary N) is 2. The number of para-hydroxylation sites is 1. The molecule has 0 bridgehead atoms. The fraction of sp³-hybridized carbons (Fsp3) is 0.318. The van der Waals surface area contributed by atoms with E-state index in [0.717, 1.165) is 5.75 Å². The van der Waals surface area contributed by atoms with Crippen molar-refractivity contribution in [3.63, 3.8) is 0 Å². The molecule has 0 spiro atoms. The van der Waals surface area contributed by atoms with Crippen LogP contribution in [0.2, 0.25) is 0 Å². The first-order chi connectivity index (χ1) is 13.3. The predicted molar refractivity (Wildman–Crippen MR) is 108 cm³/mol. The summed E-state index contributed by atoms with van der Waals surface area (Å²) in [5.74, 6) is -0.0317. The van der Waals surface area contributed by atoms with Crippen LogP contribution in [0.1, 0.15) is 43.1 Å². The Morgan fingerprint density at radius 1 is 1.07 bits per heavy atom. The third-order valence-electron chi connectivity index (χ3n) is 4.06. The van der Waals surface area contributed by atoms with Gasteiger partial charge in [-0.2, -0.15) is 5.26 Å². The minimum atomic E-state index is -0.454. The van der Waals surface area contributed by atoms with E-state index in [4.69, 9.17) is 10.00 Å². The summed E-state index contributed by atoms with van der Waals surface area (Å²) in [7, 11) is 0. The molecule has 0 fully saturated rings. The number of amides is 2. The van der Waals surface area contributed by atoms with Gasteiger partial charge < -0.3 is 15.4 Å². The summed E-state index contributed by atoms with van der Waals surface area (Å²) in [6.45, 7) is 7.10. The Morgan fingerprint density at radius 3 is 2.39 bits per heavy atom. The standard InChI is InChI=1S/C22H25N3O3/c1-22(2,3)16-8-10-17(11-9-16)28-15-14-24-21(27)18-6-4-5-7-19(18)25-20(26)12-13-23/h4-11H,12,14-15H2,1-3H3,(H,24,27)(H,25,26). The number of hydrogen-bond acceptors (Lipinski definition) is 4. The molecule has 0 atom stereocenters. The molecule has 2 aromatic carbocycles. The molecule has 2 rings (SSSR count). The number of benzene rings is 2. The Balaban J connectivity index is 1.86. The van der Waals surface area contributed by atoms with Crippen LogP contribution in [-0.4, -0.2) is 25.0 Å². The number of nitrogens with zero attached hydrogens (tertiary/aromatic N) is 1. The number of ether oxygens (including phenoxy) is 1. The van der Waals surface area contributed by atoms with E-state index in [0.29, 0.717) is 24.4 Å². The fourth-order valence-corrected chi connectivity index (χ4v) is 2.54. The Bertz CT molecular complexity index is 862. The molecule has 0 saturated carbocycles. The van der Waals surface area contributed by atoms with Crippen molar-refractivity contribution < 1.29 is 14.3 Å². The van der Waals surface area contributed by atoms with Gasteiger partial charge in [-0.1, -0.05) is 45.0 Å². The summed E-state index contributed by atoms with van der Waals surface area (Å²) in [5.41, 5.74) is 2.02. The summed E-state index contributed by atoms with van der Waals surface area (Å²) in [4.78, 5) is 24.0. The summed E-state index contributed by atoms with van der Waals surface area (Å²) in [6, 6.07) is 16.3. The van der Waals surface area contributed by atoms with Gasteiger partial charge in [0.15, 0.2) is 0 Å².